The van der Waals surface area contributed by atoms with Crippen molar-refractivity contribution in [2.45, 2.75) is 0 Å². The van der Waals surface area contributed by atoms with Crippen LogP contribution < -0.4 is 0 Å². The fourth-order valence-electron chi connectivity index (χ4n) is 8.18. The van der Waals surface area contributed by atoms with Crippen LogP contribution in [-0.2, 0) is 0 Å². The van der Waals surface area contributed by atoms with E-state index in [2.05, 4.69) is 77.2 Å². The number of para-hydroxylation sites is 1. The normalized spacial score (nSPS) is 11.8. The molecule has 7 aromatic carbocycles. The van der Waals surface area contributed by atoms with E-state index < -0.39 is 0 Å². The van der Waals surface area contributed by atoms with Crippen LogP contribution in [-0.4, -0.2) is 34.3 Å². The molecule has 0 N–H and O–H groups in total. The first-order chi connectivity index (χ1) is 28.7. The predicted molar refractivity (Wildman–Crippen MR) is 231 cm³/mol. The average molecular weight is 744 g/mol. The number of rotatable bonds is 5. The summed E-state index contributed by atoms with van der Waals surface area (Å²) >= 11 is 0. The minimum absolute atomic E-state index is 0.565. The van der Waals surface area contributed by atoms with Crippen molar-refractivity contribution in [3.63, 3.8) is 0 Å². The highest BCUT2D eigenvalue weighted by Crippen LogP contribution is 2.40. The summed E-state index contributed by atoms with van der Waals surface area (Å²) in [5.41, 5.74) is 10.0. The number of fused-ring (bicyclic) bond motifs is 11. The topological polar surface area (TPSA) is 94.9 Å². The van der Waals surface area contributed by atoms with Crippen molar-refractivity contribution in [2.75, 3.05) is 0 Å². The Hall–Kier alpha value is -8.10. The smallest absolute Gasteiger partial charge is 0.169 e. The van der Waals surface area contributed by atoms with Gasteiger partial charge in [0.15, 0.2) is 28.9 Å². The van der Waals surface area contributed by atoms with E-state index >= 15 is 0 Å². The van der Waals surface area contributed by atoms with Crippen LogP contribution >= 0.6 is 0 Å². The Morgan fingerprint density at radius 3 is 1.67 bits per heavy atom. The maximum absolute atomic E-state index is 6.53. The molecule has 270 valence electrons. The van der Waals surface area contributed by atoms with Gasteiger partial charge >= 0.3 is 0 Å². The van der Waals surface area contributed by atoms with Gasteiger partial charge in [0.05, 0.1) is 5.52 Å². The minimum atomic E-state index is 0.565. The highest BCUT2D eigenvalue weighted by molar-refractivity contribution is 6.15. The van der Waals surface area contributed by atoms with E-state index in [0.29, 0.717) is 23.3 Å². The number of hydrogen-bond donors (Lipinski definition) is 0. The fourth-order valence-corrected chi connectivity index (χ4v) is 8.18. The monoisotopic (exact) mass is 743 g/mol. The Balaban J connectivity index is 1.12. The van der Waals surface area contributed by atoms with Crippen LogP contribution in [0, 0.1) is 0 Å². The van der Waals surface area contributed by atoms with Crippen LogP contribution in [0.5, 0.6) is 0 Å². The maximum atomic E-state index is 6.53. The molecule has 12 aromatic rings. The van der Waals surface area contributed by atoms with Crippen LogP contribution in [0.15, 0.2) is 180 Å². The molecular weight excluding hydrogens is 715 g/mol. The van der Waals surface area contributed by atoms with Crippen molar-refractivity contribution in [1.82, 2.24) is 34.3 Å². The Morgan fingerprint density at radius 1 is 0.362 bits per heavy atom. The molecule has 0 saturated heterocycles. The maximum Gasteiger partial charge on any atom is 0.169 e. The molecule has 0 spiro atoms. The van der Waals surface area contributed by atoms with Crippen LogP contribution in [0.3, 0.4) is 0 Å². The first kappa shape index (κ1) is 32.2. The van der Waals surface area contributed by atoms with E-state index in [0.717, 1.165) is 93.9 Å². The van der Waals surface area contributed by atoms with Gasteiger partial charge in [0.1, 0.15) is 28.0 Å². The molecule has 12 rings (SSSR count). The summed E-state index contributed by atoms with van der Waals surface area (Å²) in [5, 5.41) is 5.14. The molecule has 0 fully saturated rings. The largest absolute Gasteiger partial charge is 0.456 e. The van der Waals surface area contributed by atoms with Crippen LogP contribution in [0.1, 0.15) is 0 Å². The van der Waals surface area contributed by atoms with Crippen molar-refractivity contribution in [3.05, 3.63) is 176 Å². The van der Waals surface area contributed by atoms with Crippen molar-refractivity contribution in [3.8, 4) is 56.8 Å². The summed E-state index contributed by atoms with van der Waals surface area (Å²) in [6.45, 7) is 0. The van der Waals surface area contributed by atoms with Gasteiger partial charge in [-0.3, -0.25) is 4.40 Å². The number of pyridine rings is 1. The number of furan rings is 1. The van der Waals surface area contributed by atoms with Gasteiger partial charge in [0, 0.05) is 49.4 Å². The van der Waals surface area contributed by atoms with Gasteiger partial charge in [-0.15, -0.1) is 0 Å². The molecule has 0 saturated carbocycles. The summed E-state index contributed by atoms with van der Waals surface area (Å²) in [6, 6.07) is 59.3. The van der Waals surface area contributed by atoms with Crippen LogP contribution in [0.2, 0.25) is 0 Å². The molecule has 0 radical (unpaired) electrons. The molecule has 8 heteroatoms. The molecular formula is C50H29N7O. The second-order valence-electron chi connectivity index (χ2n) is 14.3. The zero-order chi connectivity index (χ0) is 38.2. The summed E-state index contributed by atoms with van der Waals surface area (Å²) in [7, 11) is 0. The van der Waals surface area contributed by atoms with E-state index in [9.17, 15) is 0 Å². The molecule has 0 aliphatic carbocycles. The zero-order valence-corrected chi connectivity index (χ0v) is 30.8. The first-order valence-corrected chi connectivity index (χ1v) is 19.1. The van der Waals surface area contributed by atoms with Gasteiger partial charge in [-0.25, -0.2) is 29.9 Å². The quantitative estimate of drug-likeness (QED) is 0.162. The van der Waals surface area contributed by atoms with E-state index in [1.807, 2.05) is 103 Å². The molecule has 0 aliphatic rings. The van der Waals surface area contributed by atoms with Crippen molar-refractivity contribution in [2.24, 2.45) is 0 Å². The van der Waals surface area contributed by atoms with Crippen LogP contribution in [0.25, 0.3) is 117 Å². The lowest BCUT2D eigenvalue weighted by Gasteiger charge is -2.10. The standard InChI is InChI=1S/C50H29N7O/c1-4-15-30(16-5-1)43-44-50(57-39-25-13-12-22-35(39)34-21-10-11-23-36(34)49(57)52-44)56-48(51-43)37-24-14-26-41-42(37)38-29-33(27-28-40(38)58-41)47-54-45(31-17-6-2-7-18-31)53-46(55-47)32-19-8-3-9-20-32/h1-29H. The highest BCUT2D eigenvalue weighted by Gasteiger charge is 2.23. The van der Waals surface area contributed by atoms with Crippen LogP contribution in [0.4, 0.5) is 0 Å². The zero-order valence-electron chi connectivity index (χ0n) is 30.8. The lowest BCUT2D eigenvalue weighted by molar-refractivity contribution is 0.669. The summed E-state index contributed by atoms with van der Waals surface area (Å²) in [4.78, 5) is 31.0. The number of nitrogens with zero attached hydrogens (tertiary/aromatic N) is 7. The molecule has 5 heterocycles. The Bertz CT molecular complexity index is 3510. The lowest BCUT2D eigenvalue weighted by atomic mass is 10.0. The average Bonchev–Trinajstić information content (AvgIpc) is 3.89. The molecule has 5 aromatic heterocycles. The molecule has 0 aliphatic heterocycles. The van der Waals surface area contributed by atoms with Gasteiger partial charge in [-0.2, -0.15) is 0 Å². The molecule has 0 bridgehead atoms. The molecule has 8 nitrogen and oxygen atoms in total. The second-order valence-corrected chi connectivity index (χ2v) is 14.3. The SMILES string of the molecule is c1ccc(-c2nc(-c3ccccc3)nc(-c3ccc4oc5cccc(-c6nc(-c7ccccc7)c7nc8c9ccccc9c9ccccc9n8c7n6)c5c4c3)n2)cc1. The van der Waals surface area contributed by atoms with Gasteiger partial charge in [0.25, 0.3) is 0 Å². The number of imidazole rings is 1. The minimum Gasteiger partial charge on any atom is -0.456 e. The van der Waals surface area contributed by atoms with E-state index in [-0.39, 0.29) is 0 Å². The Labute approximate surface area is 330 Å². The fraction of sp³-hybridized carbons (Fsp3) is 0. The predicted octanol–water partition coefficient (Wildman–Crippen LogP) is 12.0. The second kappa shape index (κ2) is 12.7. The van der Waals surface area contributed by atoms with E-state index in [1.54, 1.807) is 0 Å². The van der Waals surface area contributed by atoms with Crippen molar-refractivity contribution < 1.29 is 4.42 Å². The summed E-state index contributed by atoms with van der Waals surface area (Å²) in [5.74, 6) is 2.34. The lowest BCUT2D eigenvalue weighted by Crippen LogP contribution is -2.00. The number of aromatic nitrogens is 7. The van der Waals surface area contributed by atoms with E-state index in [1.165, 1.54) is 0 Å². The third-order valence-corrected chi connectivity index (χ3v) is 10.9. The summed E-state index contributed by atoms with van der Waals surface area (Å²) in [6.07, 6.45) is 0. The van der Waals surface area contributed by atoms with Gasteiger partial charge in [-0.1, -0.05) is 146 Å². The van der Waals surface area contributed by atoms with Crippen molar-refractivity contribution >= 4 is 60.4 Å². The van der Waals surface area contributed by atoms with Crippen molar-refractivity contribution in [1.29, 1.82) is 0 Å². The Kier molecular flexibility index (Phi) is 7.06. The Morgan fingerprint density at radius 2 is 0.966 bits per heavy atom. The summed E-state index contributed by atoms with van der Waals surface area (Å²) < 4.78 is 8.72. The highest BCUT2D eigenvalue weighted by atomic mass is 16.3. The molecule has 0 amide bonds. The number of benzene rings is 7. The third-order valence-electron chi connectivity index (χ3n) is 10.9. The molecule has 58 heavy (non-hydrogen) atoms. The number of hydrogen-bond acceptors (Lipinski definition) is 7. The van der Waals surface area contributed by atoms with E-state index in [4.69, 9.17) is 34.3 Å². The van der Waals surface area contributed by atoms with Gasteiger partial charge < -0.3 is 4.42 Å². The molecule has 0 unspecified atom stereocenters. The van der Waals surface area contributed by atoms with Gasteiger partial charge in [-0.05, 0) is 35.7 Å². The third kappa shape index (κ3) is 5.02. The molecule has 0 atom stereocenters. The van der Waals surface area contributed by atoms with Gasteiger partial charge in [0.2, 0.25) is 0 Å². The first-order valence-electron chi connectivity index (χ1n) is 19.1.